The summed E-state index contributed by atoms with van der Waals surface area (Å²) in [4.78, 5) is 11.3. The maximum absolute atomic E-state index is 11.3. The quantitative estimate of drug-likeness (QED) is 0.943. The molecule has 1 amide bonds. The van der Waals surface area contributed by atoms with Gasteiger partial charge >= 0.3 is 0 Å². The van der Waals surface area contributed by atoms with Gasteiger partial charge in [0.1, 0.15) is 18.1 Å². The molecular weight excluding hydrogens is 278 g/mol. The molecule has 0 fully saturated rings. The van der Waals surface area contributed by atoms with Crippen LogP contribution < -0.4 is 10.1 Å². The van der Waals surface area contributed by atoms with Gasteiger partial charge in [-0.3, -0.25) is 4.79 Å². The van der Waals surface area contributed by atoms with Crippen LogP contribution in [0.3, 0.4) is 0 Å². The molecule has 0 saturated heterocycles. The number of ether oxygens (including phenoxy) is 1. The van der Waals surface area contributed by atoms with Crippen LogP contribution in [0.4, 0.5) is 5.69 Å². The number of rotatable bonds is 3. The molecule has 1 N–H and O–H groups in total. The monoisotopic (exact) mass is 289 g/mol. The molecule has 0 unspecified atom stereocenters. The van der Waals surface area contributed by atoms with E-state index in [1.807, 2.05) is 18.2 Å². The van der Waals surface area contributed by atoms with Gasteiger partial charge in [-0.25, -0.2) is 0 Å². The number of halogens is 1. The third-order valence-electron chi connectivity index (χ3n) is 3.05. The van der Waals surface area contributed by atoms with Crippen molar-refractivity contribution in [1.82, 2.24) is 10.2 Å². The Morgan fingerprint density at radius 2 is 2.10 bits per heavy atom. The van der Waals surface area contributed by atoms with Gasteiger partial charge in [-0.05, 0) is 42.3 Å². The largest absolute Gasteiger partial charge is 0.487 e. The Hall–Kier alpha value is -2.14. The number of carbonyl (C=O) groups is 1. The van der Waals surface area contributed by atoms with E-state index in [1.54, 1.807) is 12.1 Å². The lowest BCUT2D eigenvalue weighted by atomic mass is 10.0. The van der Waals surface area contributed by atoms with Crippen molar-refractivity contribution in [2.45, 2.75) is 19.4 Å². The highest BCUT2D eigenvalue weighted by Crippen LogP contribution is 2.27. The Balaban J connectivity index is 1.69. The maximum Gasteiger partial charge on any atom is 0.224 e. The first kappa shape index (κ1) is 12.9. The van der Waals surface area contributed by atoms with Crippen LogP contribution in [-0.2, 0) is 17.8 Å². The summed E-state index contributed by atoms with van der Waals surface area (Å²) >= 11 is 5.67. The number of benzene rings is 1. The van der Waals surface area contributed by atoms with E-state index in [9.17, 15) is 4.79 Å². The van der Waals surface area contributed by atoms with E-state index in [4.69, 9.17) is 16.3 Å². The zero-order valence-corrected chi connectivity index (χ0v) is 11.4. The van der Waals surface area contributed by atoms with Gasteiger partial charge < -0.3 is 10.1 Å². The van der Waals surface area contributed by atoms with E-state index in [-0.39, 0.29) is 5.91 Å². The van der Waals surface area contributed by atoms with Gasteiger partial charge in [0.15, 0.2) is 5.15 Å². The number of nitrogens with zero attached hydrogens (tertiary/aromatic N) is 2. The van der Waals surface area contributed by atoms with E-state index in [2.05, 4.69) is 15.5 Å². The van der Waals surface area contributed by atoms with Crippen molar-refractivity contribution in [1.29, 1.82) is 0 Å². The number of carbonyl (C=O) groups excluding carboxylic acids is 1. The molecule has 1 aliphatic rings. The molecule has 3 rings (SSSR count). The second kappa shape index (κ2) is 5.46. The molecule has 1 aromatic heterocycles. The second-order valence-electron chi connectivity index (χ2n) is 4.50. The normalized spacial score (nSPS) is 13.6. The Morgan fingerprint density at radius 1 is 1.20 bits per heavy atom. The summed E-state index contributed by atoms with van der Waals surface area (Å²) < 4.78 is 5.67. The first-order valence-electron chi connectivity index (χ1n) is 6.24. The number of hydrogen-bond donors (Lipinski definition) is 1. The van der Waals surface area contributed by atoms with E-state index < -0.39 is 0 Å². The zero-order chi connectivity index (χ0) is 13.9. The summed E-state index contributed by atoms with van der Waals surface area (Å²) in [6.45, 7) is 0.329. The molecule has 6 heteroatoms. The zero-order valence-electron chi connectivity index (χ0n) is 10.6. The van der Waals surface area contributed by atoms with Crippen LogP contribution in [0.2, 0.25) is 5.15 Å². The van der Waals surface area contributed by atoms with Crippen molar-refractivity contribution in [2.24, 2.45) is 0 Å². The molecule has 1 aromatic carbocycles. The first-order valence-corrected chi connectivity index (χ1v) is 6.62. The van der Waals surface area contributed by atoms with E-state index in [0.717, 1.165) is 23.4 Å². The molecule has 2 heterocycles. The average molecular weight is 290 g/mol. The maximum atomic E-state index is 11.3. The number of nitrogens with one attached hydrogen (secondary N) is 1. The molecule has 0 saturated carbocycles. The van der Waals surface area contributed by atoms with Gasteiger partial charge in [0.25, 0.3) is 0 Å². The Kier molecular flexibility index (Phi) is 3.52. The van der Waals surface area contributed by atoms with Crippen LogP contribution in [0, 0.1) is 0 Å². The standard InChI is InChI=1S/C14H12ClN3O2/c15-13-5-2-10(17-18-13)8-20-11-3-4-12-9(7-11)1-6-14(19)16-12/h2-5,7H,1,6,8H2,(H,16,19). The minimum Gasteiger partial charge on any atom is -0.487 e. The molecule has 0 radical (unpaired) electrons. The van der Waals surface area contributed by atoms with Crippen molar-refractivity contribution in [3.05, 3.63) is 46.7 Å². The van der Waals surface area contributed by atoms with Gasteiger partial charge in [0.2, 0.25) is 5.91 Å². The summed E-state index contributed by atoms with van der Waals surface area (Å²) in [6, 6.07) is 9.07. The molecule has 0 spiro atoms. The van der Waals surface area contributed by atoms with Crippen molar-refractivity contribution in [3.63, 3.8) is 0 Å². The Bertz CT molecular complexity index is 643. The number of aryl methyl sites for hydroxylation is 1. The van der Waals surface area contributed by atoms with Crippen LogP contribution in [0.5, 0.6) is 5.75 Å². The van der Waals surface area contributed by atoms with Crippen molar-refractivity contribution >= 4 is 23.2 Å². The van der Waals surface area contributed by atoms with E-state index >= 15 is 0 Å². The predicted octanol–water partition coefficient (Wildman–Crippen LogP) is 2.59. The fraction of sp³-hybridized carbons (Fsp3) is 0.214. The number of fused-ring (bicyclic) bond motifs is 1. The van der Waals surface area contributed by atoms with Crippen molar-refractivity contribution < 1.29 is 9.53 Å². The van der Waals surface area contributed by atoms with Crippen LogP contribution in [0.25, 0.3) is 0 Å². The molecular formula is C14H12ClN3O2. The summed E-state index contributed by atoms with van der Waals surface area (Å²) in [7, 11) is 0. The number of anilines is 1. The fourth-order valence-electron chi connectivity index (χ4n) is 2.03. The summed E-state index contributed by atoms with van der Waals surface area (Å²) in [5.41, 5.74) is 2.66. The predicted molar refractivity (Wildman–Crippen MR) is 74.8 cm³/mol. The topological polar surface area (TPSA) is 64.1 Å². The lowest BCUT2D eigenvalue weighted by Crippen LogP contribution is -2.18. The molecule has 0 atom stereocenters. The van der Waals surface area contributed by atoms with Gasteiger partial charge in [0, 0.05) is 12.1 Å². The average Bonchev–Trinajstić information content (AvgIpc) is 2.46. The highest BCUT2D eigenvalue weighted by atomic mass is 35.5. The highest BCUT2D eigenvalue weighted by molar-refractivity contribution is 6.29. The third-order valence-corrected chi connectivity index (χ3v) is 3.25. The minimum absolute atomic E-state index is 0.0580. The Labute approximate surface area is 120 Å². The summed E-state index contributed by atoms with van der Waals surface area (Å²) in [5, 5.41) is 10.9. The number of hydrogen-bond acceptors (Lipinski definition) is 4. The van der Waals surface area contributed by atoms with Crippen LogP contribution in [-0.4, -0.2) is 16.1 Å². The second-order valence-corrected chi connectivity index (χ2v) is 4.89. The first-order chi connectivity index (χ1) is 9.70. The lowest BCUT2D eigenvalue weighted by Gasteiger charge is -2.17. The molecule has 5 nitrogen and oxygen atoms in total. The minimum atomic E-state index is 0.0580. The van der Waals surface area contributed by atoms with Crippen LogP contribution in [0.15, 0.2) is 30.3 Å². The van der Waals surface area contributed by atoms with E-state index in [1.165, 1.54) is 0 Å². The summed E-state index contributed by atoms with van der Waals surface area (Å²) in [6.07, 6.45) is 1.25. The molecule has 0 aliphatic carbocycles. The number of amides is 1. The van der Waals surface area contributed by atoms with Gasteiger partial charge in [0.05, 0.1) is 0 Å². The molecule has 102 valence electrons. The van der Waals surface area contributed by atoms with Crippen molar-refractivity contribution in [3.8, 4) is 5.75 Å². The fourth-order valence-corrected chi connectivity index (χ4v) is 2.13. The molecule has 20 heavy (non-hydrogen) atoms. The third kappa shape index (κ3) is 2.88. The molecule has 1 aliphatic heterocycles. The van der Waals surface area contributed by atoms with Gasteiger partial charge in [-0.1, -0.05) is 11.6 Å². The van der Waals surface area contributed by atoms with Gasteiger partial charge in [-0.15, -0.1) is 5.10 Å². The SMILES string of the molecule is O=C1CCc2cc(OCc3ccc(Cl)nn3)ccc2N1. The lowest BCUT2D eigenvalue weighted by molar-refractivity contribution is -0.116. The van der Waals surface area contributed by atoms with Gasteiger partial charge in [-0.2, -0.15) is 5.10 Å². The Morgan fingerprint density at radius 3 is 2.90 bits per heavy atom. The number of aromatic nitrogens is 2. The van der Waals surface area contributed by atoms with Crippen LogP contribution >= 0.6 is 11.6 Å². The summed E-state index contributed by atoms with van der Waals surface area (Å²) in [5.74, 6) is 0.805. The van der Waals surface area contributed by atoms with E-state index in [0.29, 0.717) is 23.9 Å². The molecule has 2 aromatic rings. The molecule has 0 bridgehead atoms. The van der Waals surface area contributed by atoms with Crippen molar-refractivity contribution in [2.75, 3.05) is 5.32 Å². The van der Waals surface area contributed by atoms with Crippen LogP contribution in [0.1, 0.15) is 17.7 Å². The smallest absolute Gasteiger partial charge is 0.224 e. The highest BCUT2D eigenvalue weighted by Gasteiger charge is 2.15.